The number of hydrogen-bond acceptors (Lipinski definition) is 4. The van der Waals surface area contributed by atoms with Crippen LogP contribution in [-0.2, 0) is 17.4 Å². The lowest BCUT2D eigenvalue weighted by atomic mass is 9.89. The van der Waals surface area contributed by atoms with E-state index in [0.29, 0.717) is 24.6 Å². The average molecular weight is 421 g/mol. The summed E-state index contributed by atoms with van der Waals surface area (Å²) < 4.78 is 52.6. The van der Waals surface area contributed by atoms with Crippen molar-refractivity contribution in [3.05, 3.63) is 58.9 Å². The van der Waals surface area contributed by atoms with Gasteiger partial charge in [0.15, 0.2) is 0 Å². The van der Waals surface area contributed by atoms with Gasteiger partial charge in [-0.1, -0.05) is 0 Å². The van der Waals surface area contributed by atoms with E-state index >= 15 is 0 Å². The summed E-state index contributed by atoms with van der Waals surface area (Å²) in [7, 11) is 0. The van der Waals surface area contributed by atoms with Gasteiger partial charge in [0.2, 0.25) is 0 Å². The van der Waals surface area contributed by atoms with E-state index in [1.165, 1.54) is 31.2 Å². The number of amides is 1. The van der Waals surface area contributed by atoms with E-state index in [0.717, 1.165) is 11.6 Å². The molecular weight excluding hydrogens is 402 g/mol. The highest BCUT2D eigenvalue weighted by atomic mass is 19.4. The molecule has 1 aliphatic heterocycles. The van der Waals surface area contributed by atoms with Crippen molar-refractivity contribution in [2.24, 2.45) is 0 Å². The molecule has 1 heterocycles. The SMILES string of the molecule is C[C@](O)(CC1CCc2cc(F)ccc2N1)C(=O)Nc1ccc(C#N)c(C(F)(F)F)c1. The Kier molecular flexibility index (Phi) is 5.72. The average Bonchev–Trinajstić information content (AvgIpc) is 2.67. The van der Waals surface area contributed by atoms with Crippen LogP contribution < -0.4 is 10.6 Å². The second-order valence-electron chi connectivity index (χ2n) is 7.48. The number of alkyl halides is 3. The number of aryl methyl sites for hydroxylation is 1. The Morgan fingerprint density at radius 3 is 2.70 bits per heavy atom. The van der Waals surface area contributed by atoms with Gasteiger partial charge in [0.25, 0.3) is 5.91 Å². The fourth-order valence-electron chi connectivity index (χ4n) is 3.48. The van der Waals surface area contributed by atoms with Crippen LogP contribution in [-0.4, -0.2) is 22.7 Å². The number of carbonyl (C=O) groups is 1. The zero-order valence-electron chi connectivity index (χ0n) is 16.0. The quantitative estimate of drug-likeness (QED) is 0.646. The van der Waals surface area contributed by atoms with Crippen LogP contribution in [0.2, 0.25) is 0 Å². The first-order chi connectivity index (χ1) is 14.0. The van der Waals surface area contributed by atoms with E-state index in [2.05, 4.69) is 10.6 Å². The molecule has 0 aromatic heterocycles. The number of nitrogens with zero attached hydrogens (tertiary/aromatic N) is 1. The molecule has 5 nitrogen and oxygen atoms in total. The monoisotopic (exact) mass is 421 g/mol. The second-order valence-corrected chi connectivity index (χ2v) is 7.48. The lowest BCUT2D eigenvalue weighted by Crippen LogP contribution is -2.45. The standard InChI is InChI=1S/C21H19F4N3O2/c1-20(30,10-16-6-2-12-8-14(22)4-7-18(12)27-16)19(29)28-15-5-3-13(11-26)17(9-15)21(23,24)25/h3-5,7-9,16,27,30H,2,6,10H2,1H3,(H,28,29)/t16?,20-/m0/s1. The van der Waals surface area contributed by atoms with Gasteiger partial charge in [-0.3, -0.25) is 4.79 Å². The van der Waals surface area contributed by atoms with Crippen molar-refractivity contribution in [1.29, 1.82) is 5.26 Å². The van der Waals surface area contributed by atoms with Gasteiger partial charge in [-0.05, 0) is 61.7 Å². The molecule has 2 atom stereocenters. The van der Waals surface area contributed by atoms with Gasteiger partial charge in [-0.25, -0.2) is 4.39 Å². The summed E-state index contributed by atoms with van der Waals surface area (Å²) >= 11 is 0. The number of halogens is 4. The number of nitrogens with one attached hydrogen (secondary N) is 2. The molecule has 2 aromatic carbocycles. The van der Waals surface area contributed by atoms with E-state index < -0.39 is 28.8 Å². The molecule has 0 fully saturated rings. The molecule has 0 aliphatic carbocycles. The highest BCUT2D eigenvalue weighted by Gasteiger charge is 2.36. The van der Waals surface area contributed by atoms with Gasteiger partial charge in [-0.15, -0.1) is 0 Å². The summed E-state index contributed by atoms with van der Waals surface area (Å²) in [4.78, 5) is 12.5. The van der Waals surface area contributed by atoms with Crippen LogP contribution in [0.5, 0.6) is 0 Å². The Labute approximate surface area is 170 Å². The second kappa shape index (κ2) is 7.95. The van der Waals surface area contributed by atoms with Crippen molar-refractivity contribution in [3.63, 3.8) is 0 Å². The molecule has 0 saturated heterocycles. The first kappa shape index (κ1) is 21.6. The van der Waals surface area contributed by atoms with E-state index in [1.54, 1.807) is 6.07 Å². The molecule has 0 saturated carbocycles. The Morgan fingerprint density at radius 2 is 2.03 bits per heavy atom. The van der Waals surface area contributed by atoms with Crippen LogP contribution in [0.3, 0.4) is 0 Å². The van der Waals surface area contributed by atoms with Crippen molar-refractivity contribution in [2.75, 3.05) is 10.6 Å². The molecular formula is C21H19F4N3O2. The minimum Gasteiger partial charge on any atom is -0.382 e. The van der Waals surface area contributed by atoms with Gasteiger partial charge in [0, 0.05) is 23.8 Å². The zero-order valence-corrected chi connectivity index (χ0v) is 16.0. The summed E-state index contributed by atoms with van der Waals surface area (Å²) in [6.45, 7) is 1.28. The third kappa shape index (κ3) is 4.71. The van der Waals surface area contributed by atoms with Crippen LogP contribution in [0.1, 0.15) is 36.5 Å². The minimum absolute atomic E-state index is 0.00193. The maximum atomic E-state index is 13.3. The van der Waals surface area contributed by atoms with Crippen LogP contribution in [0.25, 0.3) is 0 Å². The first-order valence-corrected chi connectivity index (χ1v) is 9.20. The van der Waals surface area contributed by atoms with Crippen molar-refractivity contribution in [1.82, 2.24) is 0 Å². The maximum absolute atomic E-state index is 13.3. The van der Waals surface area contributed by atoms with E-state index in [4.69, 9.17) is 5.26 Å². The predicted octanol–water partition coefficient (Wildman–Crippen LogP) is 4.22. The molecule has 158 valence electrons. The Bertz CT molecular complexity index is 1010. The van der Waals surface area contributed by atoms with E-state index in [1.807, 2.05) is 0 Å². The number of nitriles is 1. The Balaban J connectivity index is 1.71. The molecule has 0 radical (unpaired) electrons. The lowest BCUT2D eigenvalue weighted by Gasteiger charge is -2.32. The Morgan fingerprint density at radius 1 is 1.30 bits per heavy atom. The smallest absolute Gasteiger partial charge is 0.382 e. The molecule has 1 amide bonds. The van der Waals surface area contributed by atoms with Crippen molar-refractivity contribution < 1.29 is 27.5 Å². The number of fused-ring (bicyclic) bond motifs is 1. The molecule has 1 unspecified atom stereocenters. The van der Waals surface area contributed by atoms with E-state index in [9.17, 15) is 27.5 Å². The van der Waals surface area contributed by atoms with E-state index in [-0.39, 0.29) is 24.0 Å². The molecule has 2 aromatic rings. The fourth-order valence-corrected chi connectivity index (χ4v) is 3.48. The van der Waals surface area contributed by atoms with Crippen molar-refractivity contribution in [3.8, 4) is 6.07 Å². The molecule has 3 N–H and O–H groups in total. The molecule has 30 heavy (non-hydrogen) atoms. The number of carbonyl (C=O) groups excluding carboxylic acids is 1. The summed E-state index contributed by atoms with van der Waals surface area (Å²) in [6.07, 6.45) is -3.65. The van der Waals surface area contributed by atoms with Crippen LogP contribution >= 0.6 is 0 Å². The minimum atomic E-state index is -4.76. The molecule has 1 aliphatic rings. The van der Waals surface area contributed by atoms with Crippen molar-refractivity contribution in [2.45, 2.75) is 44.0 Å². The lowest BCUT2D eigenvalue weighted by molar-refractivity contribution is -0.138. The summed E-state index contributed by atoms with van der Waals surface area (Å²) in [5.74, 6) is -1.21. The van der Waals surface area contributed by atoms with Gasteiger partial charge < -0.3 is 15.7 Å². The largest absolute Gasteiger partial charge is 0.417 e. The van der Waals surface area contributed by atoms with Crippen molar-refractivity contribution >= 4 is 17.3 Å². The summed E-state index contributed by atoms with van der Waals surface area (Å²) in [5, 5.41) is 24.9. The number of anilines is 2. The van der Waals surface area contributed by atoms with Gasteiger partial charge in [0.1, 0.15) is 11.4 Å². The van der Waals surface area contributed by atoms with Crippen LogP contribution in [0.15, 0.2) is 36.4 Å². The fraction of sp³-hybridized carbons (Fsp3) is 0.333. The first-order valence-electron chi connectivity index (χ1n) is 9.20. The Hall–Kier alpha value is -3.12. The normalized spacial score (nSPS) is 17.8. The third-order valence-corrected chi connectivity index (χ3v) is 5.03. The third-order valence-electron chi connectivity index (χ3n) is 5.03. The molecule has 0 bridgehead atoms. The highest BCUT2D eigenvalue weighted by molar-refractivity contribution is 5.97. The van der Waals surface area contributed by atoms with Crippen LogP contribution in [0, 0.1) is 17.1 Å². The van der Waals surface area contributed by atoms with Gasteiger partial charge in [0.05, 0.1) is 17.2 Å². The summed E-state index contributed by atoms with van der Waals surface area (Å²) in [5.41, 5.74) is -2.27. The molecule has 0 spiro atoms. The number of aliphatic hydroxyl groups is 1. The van der Waals surface area contributed by atoms with Crippen LogP contribution in [0.4, 0.5) is 28.9 Å². The van der Waals surface area contributed by atoms with Gasteiger partial charge >= 0.3 is 6.18 Å². The number of hydrogen-bond donors (Lipinski definition) is 3. The predicted molar refractivity (Wildman–Crippen MR) is 102 cm³/mol. The summed E-state index contributed by atoms with van der Waals surface area (Å²) in [6, 6.07) is 8.30. The molecule has 9 heteroatoms. The number of benzene rings is 2. The zero-order chi connectivity index (χ0) is 22.1. The maximum Gasteiger partial charge on any atom is 0.417 e. The highest BCUT2D eigenvalue weighted by Crippen LogP contribution is 2.34. The topological polar surface area (TPSA) is 85.2 Å². The van der Waals surface area contributed by atoms with Gasteiger partial charge in [-0.2, -0.15) is 18.4 Å². The molecule has 3 rings (SSSR count). The number of rotatable bonds is 4.